The third-order valence-corrected chi connectivity index (χ3v) is 7.37. The number of benzene rings is 3. The molecule has 168 valence electrons. The van der Waals surface area contributed by atoms with Gasteiger partial charge >= 0.3 is 0 Å². The number of hydrogen-bond donors (Lipinski definition) is 1. The lowest BCUT2D eigenvalue weighted by Gasteiger charge is -2.22. The summed E-state index contributed by atoms with van der Waals surface area (Å²) in [5.41, 5.74) is 4.18. The number of hydrogen-bond acceptors (Lipinski definition) is 3. The number of sulfonamides is 1. The minimum absolute atomic E-state index is 0.0344. The molecule has 0 spiro atoms. The maximum Gasteiger partial charge on any atom is 0.243 e. The van der Waals surface area contributed by atoms with Crippen molar-refractivity contribution in [3.05, 3.63) is 93.0 Å². The Balaban J connectivity index is 1.90. The van der Waals surface area contributed by atoms with E-state index in [9.17, 15) is 13.2 Å². The summed E-state index contributed by atoms with van der Waals surface area (Å²) in [4.78, 5) is 12.9. The standard InChI is InChI=1S/C24H24Cl2N2O3S/c1-16-4-7-21(8-5-16)32(30,31)28(14-19-6-9-22(25)23(26)13-19)15-24(29)27-20-11-17(2)10-18(3)12-20/h4-13H,14-15H2,1-3H3,(H,27,29). The first kappa shape index (κ1) is 24.3. The van der Waals surface area contributed by atoms with E-state index in [1.807, 2.05) is 39.0 Å². The van der Waals surface area contributed by atoms with Crippen molar-refractivity contribution < 1.29 is 13.2 Å². The van der Waals surface area contributed by atoms with Gasteiger partial charge < -0.3 is 5.32 Å². The van der Waals surface area contributed by atoms with Crippen molar-refractivity contribution in [1.29, 1.82) is 0 Å². The molecule has 0 unspecified atom stereocenters. The van der Waals surface area contributed by atoms with Crippen molar-refractivity contribution in [2.45, 2.75) is 32.2 Å². The molecule has 0 fully saturated rings. The third-order valence-electron chi connectivity index (χ3n) is 4.83. The van der Waals surface area contributed by atoms with Crippen LogP contribution >= 0.6 is 23.2 Å². The second kappa shape index (κ2) is 10.0. The van der Waals surface area contributed by atoms with Crippen molar-refractivity contribution in [1.82, 2.24) is 4.31 Å². The summed E-state index contributed by atoms with van der Waals surface area (Å²) in [6.45, 7) is 5.35. The number of carbonyl (C=O) groups is 1. The molecule has 0 aliphatic rings. The van der Waals surface area contributed by atoms with Crippen LogP contribution in [0.3, 0.4) is 0 Å². The molecule has 0 atom stereocenters. The summed E-state index contributed by atoms with van der Waals surface area (Å²) in [5, 5.41) is 3.49. The Morgan fingerprint density at radius 3 is 2.06 bits per heavy atom. The first-order chi connectivity index (χ1) is 15.0. The highest BCUT2D eigenvalue weighted by Crippen LogP contribution is 2.25. The highest BCUT2D eigenvalue weighted by Gasteiger charge is 2.27. The zero-order valence-electron chi connectivity index (χ0n) is 18.0. The van der Waals surface area contributed by atoms with Gasteiger partial charge in [-0.05, 0) is 73.9 Å². The topological polar surface area (TPSA) is 66.5 Å². The van der Waals surface area contributed by atoms with Crippen LogP contribution in [-0.2, 0) is 21.4 Å². The Hall–Kier alpha value is -2.38. The van der Waals surface area contributed by atoms with Crippen LogP contribution in [0.25, 0.3) is 0 Å². The number of nitrogens with one attached hydrogen (secondary N) is 1. The Morgan fingerprint density at radius 2 is 1.47 bits per heavy atom. The second-order valence-corrected chi connectivity index (χ2v) is 10.5. The van der Waals surface area contributed by atoms with Crippen LogP contribution in [0.15, 0.2) is 65.6 Å². The zero-order valence-corrected chi connectivity index (χ0v) is 20.4. The van der Waals surface area contributed by atoms with Crippen LogP contribution < -0.4 is 5.32 Å². The van der Waals surface area contributed by atoms with E-state index in [0.717, 1.165) is 21.0 Å². The van der Waals surface area contributed by atoms with Gasteiger partial charge in [0.1, 0.15) is 0 Å². The monoisotopic (exact) mass is 490 g/mol. The molecule has 0 aliphatic carbocycles. The molecule has 32 heavy (non-hydrogen) atoms. The van der Waals surface area contributed by atoms with Crippen LogP contribution in [0.2, 0.25) is 10.0 Å². The molecule has 3 aromatic rings. The SMILES string of the molecule is Cc1ccc(S(=O)(=O)N(CC(=O)Nc2cc(C)cc(C)c2)Cc2ccc(Cl)c(Cl)c2)cc1. The third kappa shape index (κ3) is 6.11. The van der Waals surface area contributed by atoms with Crippen molar-refractivity contribution in [2.75, 3.05) is 11.9 Å². The van der Waals surface area contributed by atoms with Crippen molar-refractivity contribution in [2.24, 2.45) is 0 Å². The van der Waals surface area contributed by atoms with Gasteiger partial charge in [0, 0.05) is 12.2 Å². The lowest BCUT2D eigenvalue weighted by molar-refractivity contribution is -0.116. The second-order valence-electron chi connectivity index (χ2n) is 7.76. The average molecular weight is 491 g/mol. The summed E-state index contributed by atoms with van der Waals surface area (Å²) < 4.78 is 27.9. The fourth-order valence-electron chi connectivity index (χ4n) is 3.33. The zero-order chi connectivity index (χ0) is 23.5. The summed E-state index contributed by atoms with van der Waals surface area (Å²) in [6, 6.07) is 17.1. The number of rotatable bonds is 7. The number of anilines is 1. The maximum absolute atomic E-state index is 13.4. The van der Waals surface area contributed by atoms with Gasteiger partial charge in [0.2, 0.25) is 15.9 Å². The number of nitrogens with zero attached hydrogens (tertiary/aromatic N) is 1. The molecule has 3 rings (SSSR count). The molecular weight excluding hydrogens is 467 g/mol. The maximum atomic E-state index is 13.4. The Kier molecular flexibility index (Phi) is 7.62. The smallest absolute Gasteiger partial charge is 0.243 e. The largest absolute Gasteiger partial charge is 0.325 e. The fraction of sp³-hybridized carbons (Fsp3) is 0.208. The van der Waals surface area contributed by atoms with Crippen LogP contribution in [0.4, 0.5) is 5.69 Å². The predicted octanol–water partition coefficient (Wildman–Crippen LogP) is 5.75. The normalized spacial score (nSPS) is 11.6. The summed E-state index contributed by atoms with van der Waals surface area (Å²) in [6.07, 6.45) is 0. The molecule has 0 saturated carbocycles. The Morgan fingerprint density at radius 1 is 0.844 bits per heavy atom. The minimum atomic E-state index is -3.95. The van der Waals surface area contributed by atoms with Crippen molar-refractivity contribution in [3.8, 4) is 0 Å². The molecule has 0 aromatic heterocycles. The number of aryl methyl sites for hydroxylation is 3. The van der Waals surface area contributed by atoms with Gasteiger partial charge in [-0.1, -0.05) is 53.0 Å². The van der Waals surface area contributed by atoms with E-state index in [2.05, 4.69) is 5.32 Å². The molecule has 0 saturated heterocycles. The lowest BCUT2D eigenvalue weighted by atomic mass is 10.1. The molecule has 1 amide bonds. The molecule has 1 N–H and O–H groups in total. The van der Waals surface area contributed by atoms with E-state index < -0.39 is 15.9 Å². The van der Waals surface area contributed by atoms with Crippen molar-refractivity contribution >= 4 is 44.8 Å². The van der Waals surface area contributed by atoms with Crippen molar-refractivity contribution in [3.63, 3.8) is 0 Å². The van der Waals surface area contributed by atoms with E-state index >= 15 is 0 Å². The fourth-order valence-corrected chi connectivity index (χ4v) is 5.04. The average Bonchev–Trinajstić information content (AvgIpc) is 2.69. The van der Waals surface area contributed by atoms with Gasteiger partial charge in [-0.15, -0.1) is 0 Å². The Labute approximate surface area is 199 Å². The molecular formula is C24H24Cl2N2O3S. The number of halogens is 2. The van der Waals surface area contributed by atoms with Crippen LogP contribution in [0.1, 0.15) is 22.3 Å². The molecule has 3 aromatic carbocycles. The van der Waals surface area contributed by atoms with E-state index in [1.54, 1.807) is 30.3 Å². The van der Waals surface area contributed by atoms with Gasteiger partial charge in [0.25, 0.3) is 0 Å². The van der Waals surface area contributed by atoms with E-state index in [0.29, 0.717) is 21.3 Å². The van der Waals surface area contributed by atoms with Gasteiger partial charge in [-0.25, -0.2) is 8.42 Å². The summed E-state index contributed by atoms with van der Waals surface area (Å²) >= 11 is 12.1. The van der Waals surface area contributed by atoms with E-state index in [4.69, 9.17) is 23.2 Å². The minimum Gasteiger partial charge on any atom is -0.325 e. The van der Waals surface area contributed by atoms with Crippen LogP contribution in [-0.4, -0.2) is 25.2 Å². The molecule has 5 nitrogen and oxygen atoms in total. The number of amides is 1. The van der Waals surface area contributed by atoms with E-state index in [-0.39, 0.29) is 18.0 Å². The lowest BCUT2D eigenvalue weighted by Crippen LogP contribution is -2.37. The van der Waals surface area contributed by atoms with Gasteiger partial charge in [-0.3, -0.25) is 4.79 Å². The summed E-state index contributed by atoms with van der Waals surface area (Å²) in [5.74, 6) is -0.439. The molecule has 0 radical (unpaired) electrons. The quantitative estimate of drug-likeness (QED) is 0.458. The molecule has 0 aliphatic heterocycles. The first-order valence-corrected chi connectivity index (χ1v) is 12.1. The highest BCUT2D eigenvalue weighted by molar-refractivity contribution is 7.89. The predicted molar refractivity (Wildman–Crippen MR) is 130 cm³/mol. The van der Waals surface area contributed by atoms with Gasteiger partial charge in [0.15, 0.2) is 0 Å². The van der Waals surface area contributed by atoms with Crippen LogP contribution in [0, 0.1) is 20.8 Å². The molecule has 0 bridgehead atoms. The highest BCUT2D eigenvalue weighted by atomic mass is 35.5. The first-order valence-electron chi connectivity index (χ1n) is 9.93. The van der Waals surface area contributed by atoms with Gasteiger partial charge in [-0.2, -0.15) is 4.31 Å². The van der Waals surface area contributed by atoms with E-state index in [1.165, 1.54) is 12.1 Å². The Bertz CT molecular complexity index is 1220. The number of carbonyl (C=O) groups excluding carboxylic acids is 1. The molecule has 8 heteroatoms. The van der Waals surface area contributed by atoms with Crippen LogP contribution in [0.5, 0.6) is 0 Å². The summed E-state index contributed by atoms with van der Waals surface area (Å²) in [7, 11) is -3.95. The molecule has 0 heterocycles. The van der Waals surface area contributed by atoms with Gasteiger partial charge in [0.05, 0.1) is 21.5 Å².